The Kier molecular flexibility index (Phi) is 6.02. The third-order valence-corrected chi connectivity index (χ3v) is 6.73. The number of hydrogen-bond donors (Lipinski definition) is 0. The fraction of sp³-hybridized carbons (Fsp3) is 0.905. The second kappa shape index (κ2) is 7.99. The highest BCUT2D eigenvalue weighted by Crippen LogP contribution is 2.37. The van der Waals surface area contributed by atoms with Gasteiger partial charge in [-0.15, -0.1) is 0 Å². The van der Waals surface area contributed by atoms with E-state index in [0.717, 1.165) is 36.2 Å². The van der Waals surface area contributed by atoms with Crippen LogP contribution in [0, 0.1) is 29.6 Å². The summed E-state index contributed by atoms with van der Waals surface area (Å²) < 4.78 is 6.20. The second-order valence-corrected chi connectivity index (χ2v) is 8.63. The first kappa shape index (κ1) is 16.6. The van der Waals surface area contributed by atoms with Gasteiger partial charge in [-0.25, -0.2) is 0 Å². The molecule has 0 bridgehead atoms. The van der Waals surface area contributed by atoms with E-state index in [0.29, 0.717) is 6.10 Å². The molecule has 1 saturated heterocycles. The van der Waals surface area contributed by atoms with Crippen molar-refractivity contribution in [3.63, 3.8) is 0 Å². The van der Waals surface area contributed by atoms with Gasteiger partial charge in [0.2, 0.25) is 0 Å². The number of rotatable bonds is 3. The molecule has 0 aromatic carbocycles. The number of hydrogen-bond acceptors (Lipinski definition) is 1. The highest BCUT2D eigenvalue weighted by molar-refractivity contribution is 4.97. The Labute approximate surface area is 137 Å². The largest absolute Gasteiger partial charge is 0.374 e. The fourth-order valence-electron chi connectivity index (χ4n) is 4.83. The van der Waals surface area contributed by atoms with Gasteiger partial charge in [0.05, 0.1) is 12.7 Å². The highest BCUT2D eigenvalue weighted by atomic mass is 16.5. The van der Waals surface area contributed by atoms with E-state index in [1.54, 1.807) is 0 Å². The summed E-state index contributed by atoms with van der Waals surface area (Å²) in [5, 5.41) is 0. The summed E-state index contributed by atoms with van der Waals surface area (Å²) >= 11 is 0. The molecule has 2 saturated carbocycles. The minimum atomic E-state index is 0.415. The molecule has 0 amide bonds. The van der Waals surface area contributed by atoms with Gasteiger partial charge in [0.15, 0.2) is 0 Å². The molecular formula is C21H36O. The first-order valence-corrected chi connectivity index (χ1v) is 10.0. The zero-order valence-corrected chi connectivity index (χ0v) is 14.8. The van der Waals surface area contributed by atoms with Gasteiger partial charge in [0.1, 0.15) is 0 Å². The smallest absolute Gasteiger partial charge is 0.0756 e. The molecule has 22 heavy (non-hydrogen) atoms. The van der Waals surface area contributed by atoms with Crippen LogP contribution in [0.1, 0.15) is 78.1 Å². The SMILES string of the molecule is CC1CCC(/C=C/C2CCC(C3CCC(C)CC3)CO2)CC1. The number of ether oxygens (including phenoxy) is 1. The van der Waals surface area contributed by atoms with Crippen molar-refractivity contribution in [1.82, 2.24) is 0 Å². The maximum Gasteiger partial charge on any atom is 0.0756 e. The molecule has 0 aromatic heterocycles. The average Bonchev–Trinajstić information content (AvgIpc) is 2.56. The fourth-order valence-corrected chi connectivity index (χ4v) is 4.83. The van der Waals surface area contributed by atoms with Crippen LogP contribution in [0.15, 0.2) is 12.2 Å². The Morgan fingerprint density at radius 1 is 0.636 bits per heavy atom. The van der Waals surface area contributed by atoms with Gasteiger partial charge >= 0.3 is 0 Å². The van der Waals surface area contributed by atoms with Crippen LogP contribution in [0.25, 0.3) is 0 Å². The summed E-state index contributed by atoms with van der Waals surface area (Å²) in [7, 11) is 0. The molecule has 2 atom stereocenters. The Morgan fingerprint density at radius 3 is 1.82 bits per heavy atom. The second-order valence-electron chi connectivity index (χ2n) is 8.63. The van der Waals surface area contributed by atoms with Crippen molar-refractivity contribution in [2.75, 3.05) is 6.61 Å². The van der Waals surface area contributed by atoms with E-state index in [1.807, 2.05) is 0 Å². The Hall–Kier alpha value is -0.300. The molecule has 3 aliphatic rings. The van der Waals surface area contributed by atoms with E-state index in [1.165, 1.54) is 64.2 Å². The molecule has 1 aliphatic heterocycles. The monoisotopic (exact) mass is 304 g/mol. The molecule has 3 rings (SSSR count). The molecule has 1 heteroatoms. The predicted molar refractivity (Wildman–Crippen MR) is 93.8 cm³/mol. The van der Waals surface area contributed by atoms with Gasteiger partial charge in [-0.05, 0) is 68.1 Å². The molecule has 0 radical (unpaired) electrons. The van der Waals surface area contributed by atoms with Crippen molar-refractivity contribution in [2.24, 2.45) is 29.6 Å². The van der Waals surface area contributed by atoms with Crippen LogP contribution in [0.4, 0.5) is 0 Å². The van der Waals surface area contributed by atoms with E-state index in [2.05, 4.69) is 26.0 Å². The van der Waals surface area contributed by atoms with E-state index in [4.69, 9.17) is 4.74 Å². The van der Waals surface area contributed by atoms with Gasteiger partial charge in [-0.1, -0.05) is 51.7 Å². The third kappa shape index (κ3) is 4.60. The molecule has 0 spiro atoms. The maximum atomic E-state index is 6.20. The normalized spacial score (nSPS) is 44.3. The first-order valence-electron chi connectivity index (χ1n) is 10.0. The minimum absolute atomic E-state index is 0.415. The maximum absolute atomic E-state index is 6.20. The molecule has 2 aliphatic carbocycles. The molecule has 1 nitrogen and oxygen atoms in total. The van der Waals surface area contributed by atoms with Gasteiger partial charge < -0.3 is 4.74 Å². The summed E-state index contributed by atoms with van der Waals surface area (Å²) in [6.07, 6.45) is 19.4. The molecule has 0 N–H and O–H groups in total. The summed E-state index contributed by atoms with van der Waals surface area (Å²) in [6, 6.07) is 0. The van der Waals surface area contributed by atoms with Gasteiger partial charge in [-0.2, -0.15) is 0 Å². The van der Waals surface area contributed by atoms with E-state index >= 15 is 0 Å². The summed E-state index contributed by atoms with van der Waals surface area (Å²) in [6.45, 7) is 5.84. The van der Waals surface area contributed by atoms with Crippen molar-refractivity contribution in [3.05, 3.63) is 12.2 Å². The van der Waals surface area contributed by atoms with Gasteiger partial charge in [-0.3, -0.25) is 0 Å². The molecule has 0 aromatic rings. The van der Waals surface area contributed by atoms with Crippen LogP contribution in [0.2, 0.25) is 0 Å². The Bertz CT molecular complexity index is 337. The van der Waals surface area contributed by atoms with Gasteiger partial charge in [0.25, 0.3) is 0 Å². The zero-order chi connectivity index (χ0) is 15.4. The van der Waals surface area contributed by atoms with Crippen LogP contribution < -0.4 is 0 Å². The molecule has 3 fully saturated rings. The average molecular weight is 305 g/mol. The summed E-state index contributed by atoms with van der Waals surface area (Å²) in [5.74, 6) is 4.57. The standard InChI is InChI=1S/C21H36O/c1-16-3-7-18(8-4-16)9-13-21-14-12-20(15-22-21)19-10-5-17(2)6-11-19/h9,13,16-21H,3-8,10-12,14-15H2,1-2H3/b13-9+. The minimum Gasteiger partial charge on any atom is -0.374 e. The Morgan fingerprint density at radius 2 is 1.23 bits per heavy atom. The molecule has 126 valence electrons. The van der Waals surface area contributed by atoms with Crippen molar-refractivity contribution >= 4 is 0 Å². The summed E-state index contributed by atoms with van der Waals surface area (Å²) in [4.78, 5) is 0. The summed E-state index contributed by atoms with van der Waals surface area (Å²) in [5.41, 5.74) is 0. The van der Waals surface area contributed by atoms with Crippen LogP contribution >= 0.6 is 0 Å². The van der Waals surface area contributed by atoms with Crippen molar-refractivity contribution in [1.29, 1.82) is 0 Å². The lowest BCUT2D eigenvalue weighted by atomic mass is 9.74. The van der Waals surface area contributed by atoms with Crippen LogP contribution in [-0.2, 0) is 4.74 Å². The third-order valence-electron chi connectivity index (χ3n) is 6.73. The van der Waals surface area contributed by atoms with E-state index in [-0.39, 0.29) is 0 Å². The quantitative estimate of drug-likeness (QED) is 0.582. The molecular weight excluding hydrogens is 268 g/mol. The number of allylic oxidation sites excluding steroid dienone is 1. The van der Waals surface area contributed by atoms with Crippen LogP contribution in [-0.4, -0.2) is 12.7 Å². The first-order chi connectivity index (χ1) is 10.7. The lowest BCUT2D eigenvalue weighted by Crippen LogP contribution is -2.31. The topological polar surface area (TPSA) is 9.23 Å². The lowest BCUT2D eigenvalue weighted by Gasteiger charge is -2.36. The lowest BCUT2D eigenvalue weighted by molar-refractivity contribution is -0.0163. The molecule has 1 heterocycles. The van der Waals surface area contributed by atoms with Crippen molar-refractivity contribution < 1.29 is 4.74 Å². The predicted octanol–water partition coefficient (Wildman–Crippen LogP) is 5.99. The highest BCUT2D eigenvalue weighted by Gasteiger charge is 2.29. The zero-order valence-electron chi connectivity index (χ0n) is 14.8. The van der Waals surface area contributed by atoms with Gasteiger partial charge in [0, 0.05) is 0 Å². The van der Waals surface area contributed by atoms with E-state index in [9.17, 15) is 0 Å². The van der Waals surface area contributed by atoms with Crippen LogP contribution in [0.5, 0.6) is 0 Å². The van der Waals surface area contributed by atoms with Crippen LogP contribution in [0.3, 0.4) is 0 Å². The molecule has 2 unspecified atom stereocenters. The van der Waals surface area contributed by atoms with Crippen molar-refractivity contribution in [3.8, 4) is 0 Å². The van der Waals surface area contributed by atoms with Crippen molar-refractivity contribution in [2.45, 2.75) is 84.2 Å². The Balaban J connectivity index is 1.38. The van der Waals surface area contributed by atoms with E-state index < -0.39 is 0 Å².